The van der Waals surface area contributed by atoms with Gasteiger partial charge in [0.1, 0.15) is 5.54 Å². The van der Waals surface area contributed by atoms with Gasteiger partial charge in [0.25, 0.3) is 0 Å². The summed E-state index contributed by atoms with van der Waals surface area (Å²) in [5, 5.41) is 12.3. The van der Waals surface area contributed by atoms with Gasteiger partial charge in [-0.05, 0) is 32.7 Å². The van der Waals surface area contributed by atoms with Crippen molar-refractivity contribution in [3.8, 4) is 0 Å². The van der Waals surface area contributed by atoms with Crippen LogP contribution in [-0.4, -0.2) is 63.3 Å². The SMILES string of the molecule is CNC1(C(=O)O)CCCC(OCCOCCCOC)C1. The Morgan fingerprint density at radius 1 is 1.35 bits per heavy atom. The van der Waals surface area contributed by atoms with E-state index in [1.54, 1.807) is 14.2 Å². The topological polar surface area (TPSA) is 77.0 Å². The Labute approximate surface area is 120 Å². The molecule has 6 nitrogen and oxygen atoms in total. The summed E-state index contributed by atoms with van der Waals surface area (Å²) in [5.74, 6) is -0.788. The smallest absolute Gasteiger partial charge is 0.323 e. The van der Waals surface area contributed by atoms with E-state index in [-0.39, 0.29) is 6.10 Å². The van der Waals surface area contributed by atoms with Gasteiger partial charge in [-0.2, -0.15) is 0 Å². The van der Waals surface area contributed by atoms with Crippen LogP contribution < -0.4 is 5.32 Å². The maximum atomic E-state index is 11.4. The number of hydrogen-bond acceptors (Lipinski definition) is 5. The fourth-order valence-corrected chi connectivity index (χ4v) is 2.58. The van der Waals surface area contributed by atoms with Gasteiger partial charge < -0.3 is 24.6 Å². The predicted octanol–water partition coefficient (Wildman–Crippen LogP) is 1.04. The lowest BCUT2D eigenvalue weighted by atomic mass is 9.80. The number of carboxylic acid groups (broad SMARTS) is 1. The van der Waals surface area contributed by atoms with Crippen molar-refractivity contribution in [2.45, 2.75) is 43.7 Å². The number of rotatable bonds is 10. The Hall–Kier alpha value is -0.690. The second-order valence-electron chi connectivity index (χ2n) is 5.19. The Balaban J connectivity index is 2.19. The molecule has 0 aromatic heterocycles. The average molecular weight is 289 g/mol. The van der Waals surface area contributed by atoms with Crippen LogP contribution in [0.1, 0.15) is 32.1 Å². The molecule has 0 amide bonds. The van der Waals surface area contributed by atoms with Crippen molar-refractivity contribution in [1.29, 1.82) is 0 Å². The summed E-state index contributed by atoms with van der Waals surface area (Å²) >= 11 is 0. The van der Waals surface area contributed by atoms with Crippen LogP contribution in [0.25, 0.3) is 0 Å². The molecular formula is C14H27NO5. The van der Waals surface area contributed by atoms with Crippen molar-refractivity contribution in [1.82, 2.24) is 5.32 Å². The van der Waals surface area contributed by atoms with Gasteiger partial charge in [0.2, 0.25) is 0 Å². The highest BCUT2D eigenvalue weighted by Crippen LogP contribution is 2.30. The van der Waals surface area contributed by atoms with Crippen LogP contribution in [0.15, 0.2) is 0 Å². The minimum atomic E-state index is -0.831. The molecule has 0 saturated heterocycles. The molecule has 2 atom stereocenters. The fourth-order valence-electron chi connectivity index (χ4n) is 2.58. The first-order valence-electron chi connectivity index (χ1n) is 7.25. The van der Waals surface area contributed by atoms with Gasteiger partial charge >= 0.3 is 5.97 Å². The molecule has 1 fully saturated rings. The molecule has 2 N–H and O–H groups in total. The minimum Gasteiger partial charge on any atom is -0.480 e. The maximum Gasteiger partial charge on any atom is 0.323 e. The highest BCUT2D eigenvalue weighted by molar-refractivity contribution is 5.79. The lowest BCUT2D eigenvalue weighted by molar-refractivity contribution is -0.149. The van der Waals surface area contributed by atoms with E-state index in [1.165, 1.54) is 0 Å². The molecule has 1 aliphatic rings. The van der Waals surface area contributed by atoms with E-state index in [0.29, 0.717) is 39.3 Å². The van der Waals surface area contributed by atoms with Crippen LogP contribution in [0, 0.1) is 0 Å². The van der Waals surface area contributed by atoms with Gasteiger partial charge in [-0.25, -0.2) is 0 Å². The summed E-state index contributed by atoms with van der Waals surface area (Å²) in [6.45, 7) is 2.42. The quantitative estimate of drug-likeness (QED) is 0.585. The number of carbonyl (C=O) groups is 1. The molecule has 0 heterocycles. The van der Waals surface area contributed by atoms with Crippen molar-refractivity contribution in [2.24, 2.45) is 0 Å². The molecule has 0 spiro atoms. The van der Waals surface area contributed by atoms with E-state index in [1.807, 2.05) is 0 Å². The van der Waals surface area contributed by atoms with E-state index >= 15 is 0 Å². The number of aliphatic carboxylic acids is 1. The minimum absolute atomic E-state index is 0.00475. The fraction of sp³-hybridized carbons (Fsp3) is 0.929. The van der Waals surface area contributed by atoms with Crippen LogP contribution >= 0.6 is 0 Å². The van der Waals surface area contributed by atoms with Crippen molar-refractivity contribution in [3.05, 3.63) is 0 Å². The third-order valence-corrected chi connectivity index (χ3v) is 3.81. The third-order valence-electron chi connectivity index (χ3n) is 3.81. The summed E-state index contributed by atoms with van der Waals surface area (Å²) in [4.78, 5) is 11.4. The Morgan fingerprint density at radius 3 is 2.80 bits per heavy atom. The molecule has 0 radical (unpaired) electrons. The molecule has 1 aliphatic carbocycles. The van der Waals surface area contributed by atoms with Crippen LogP contribution in [-0.2, 0) is 19.0 Å². The molecule has 1 rings (SSSR count). The molecule has 1 saturated carbocycles. The first-order valence-corrected chi connectivity index (χ1v) is 7.25. The van der Waals surface area contributed by atoms with Gasteiger partial charge in [0, 0.05) is 26.7 Å². The summed E-state index contributed by atoms with van der Waals surface area (Å²) in [5.41, 5.74) is -0.831. The first-order chi connectivity index (χ1) is 9.64. The third kappa shape index (κ3) is 5.36. The lowest BCUT2D eigenvalue weighted by Gasteiger charge is -2.37. The molecule has 0 bridgehead atoms. The standard InChI is InChI=1S/C14H27NO5/c1-15-14(13(16)17)6-3-5-12(11-14)20-10-9-19-8-4-7-18-2/h12,15H,3-11H2,1-2H3,(H,16,17). The van der Waals surface area contributed by atoms with Crippen LogP contribution in [0.3, 0.4) is 0 Å². The second-order valence-corrected chi connectivity index (χ2v) is 5.19. The van der Waals surface area contributed by atoms with Crippen LogP contribution in [0.5, 0.6) is 0 Å². The summed E-state index contributed by atoms with van der Waals surface area (Å²) in [7, 11) is 3.37. The summed E-state index contributed by atoms with van der Waals surface area (Å²) in [6.07, 6.45) is 3.83. The van der Waals surface area contributed by atoms with Gasteiger partial charge in [-0.15, -0.1) is 0 Å². The monoisotopic (exact) mass is 289 g/mol. The molecule has 0 aliphatic heterocycles. The van der Waals surface area contributed by atoms with Crippen molar-refractivity contribution in [2.75, 3.05) is 40.6 Å². The van der Waals surface area contributed by atoms with E-state index < -0.39 is 11.5 Å². The van der Waals surface area contributed by atoms with E-state index in [0.717, 1.165) is 19.3 Å². The Bertz CT molecular complexity index is 287. The summed E-state index contributed by atoms with van der Waals surface area (Å²) < 4.78 is 16.1. The molecule has 0 aromatic rings. The first kappa shape index (κ1) is 17.4. The molecular weight excluding hydrogens is 262 g/mol. The van der Waals surface area contributed by atoms with E-state index in [2.05, 4.69) is 5.32 Å². The van der Waals surface area contributed by atoms with Crippen molar-refractivity contribution in [3.63, 3.8) is 0 Å². The molecule has 20 heavy (non-hydrogen) atoms. The molecule has 2 unspecified atom stereocenters. The molecule has 118 valence electrons. The zero-order valence-corrected chi connectivity index (χ0v) is 12.5. The zero-order chi connectivity index (χ0) is 14.8. The number of ether oxygens (including phenoxy) is 3. The van der Waals surface area contributed by atoms with Crippen molar-refractivity contribution >= 4 is 5.97 Å². The number of carboxylic acids is 1. The lowest BCUT2D eigenvalue weighted by Crippen LogP contribution is -2.54. The van der Waals surface area contributed by atoms with Gasteiger partial charge in [0.05, 0.1) is 19.3 Å². The number of hydrogen-bond donors (Lipinski definition) is 2. The van der Waals surface area contributed by atoms with Gasteiger partial charge in [-0.1, -0.05) is 0 Å². The van der Waals surface area contributed by atoms with Gasteiger partial charge in [-0.3, -0.25) is 4.79 Å². The average Bonchev–Trinajstić information content (AvgIpc) is 2.46. The number of nitrogens with one attached hydrogen (secondary N) is 1. The summed E-state index contributed by atoms with van der Waals surface area (Å²) in [6, 6.07) is 0. The van der Waals surface area contributed by atoms with Crippen LogP contribution in [0.2, 0.25) is 0 Å². The Kier molecular flexibility index (Phi) is 8.06. The Morgan fingerprint density at radius 2 is 2.15 bits per heavy atom. The molecule has 0 aromatic carbocycles. The van der Waals surface area contributed by atoms with Crippen molar-refractivity contribution < 1.29 is 24.1 Å². The highest BCUT2D eigenvalue weighted by Gasteiger charge is 2.41. The number of likely N-dealkylation sites (N-methyl/N-ethyl adjacent to an activating group) is 1. The zero-order valence-electron chi connectivity index (χ0n) is 12.5. The predicted molar refractivity (Wildman–Crippen MR) is 74.9 cm³/mol. The molecule has 6 heteroatoms. The van der Waals surface area contributed by atoms with E-state index in [9.17, 15) is 9.90 Å². The maximum absolute atomic E-state index is 11.4. The highest BCUT2D eigenvalue weighted by atomic mass is 16.5. The normalized spacial score (nSPS) is 26.6. The van der Waals surface area contributed by atoms with Crippen LogP contribution in [0.4, 0.5) is 0 Å². The second kappa shape index (κ2) is 9.28. The van der Waals surface area contributed by atoms with E-state index in [4.69, 9.17) is 14.2 Å². The number of methoxy groups -OCH3 is 1. The van der Waals surface area contributed by atoms with Gasteiger partial charge in [0.15, 0.2) is 0 Å². The largest absolute Gasteiger partial charge is 0.480 e.